The van der Waals surface area contributed by atoms with E-state index >= 15 is 0 Å². The summed E-state index contributed by atoms with van der Waals surface area (Å²) < 4.78 is 5.55. The zero-order chi connectivity index (χ0) is 15.6. The quantitative estimate of drug-likeness (QED) is 0.275. The van der Waals surface area contributed by atoms with Crippen LogP contribution in [-0.4, -0.2) is 51.3 Å². The lowest BCUT2D eigenvalue weighted by atomic mass is 10.2. The average molecular weight is 432 g/mol. The molecule has 128 valence electrons. The number of halogens is 1. The van der Waals surface area contributed by atoms with E-state index in [1.54, 1.807) is 19.2 Å². The molecule has 0 radical (unpaired) electrons. The van der Waals surface area contributed by atoms with Crippen LogP contribution in [0.15, 0.2) is 35.3 Å². The summed E-state index contributed by atoms with van der Waals surface area (Å²) in [6.07, 6.45) is 2.50. The van der Waals surface area contributed by atoms with Crippen molar-refractivity contribution in [2.24, 2.45) is 4.99 Å². The maximum Gasteiger partial charge on any atom is 0.251 e. The highest BCUT2D eigenvalue weighted by atomic mass is 127. The number of carbonyl (C=O) groups is 1. The van der Waals surface area contributed by atoms with E-state index in [2.05, 4.69) is 20.9 Å². The van der Waals surface area contributed by atoms with Crippen molar-refractivity contribution in [3.05, 3.63) is 35.9 Å². The molecular formula is C16H25IN4O2. The van der Waals surface area contributed by atoms with E-state index in [-0.39, 0.29) is 36.0 Å². The Morgan fingerprint density at radius 3 is 2.61 bits per heavy atom. The zero-order valence-corrected chi connectivity index (χ0v) is 15.7. The third-order valence-electron chi connectivity index (χ3n) is 3.48. The van der Waals surface area contributed by atoms with Crippen LogP contribution in [0.1, 0.15) is 23.2 Å². The van der Waals surface area contributed by atoms with E-state index in [0.29, 0.717) is 18.7 Å². The van der Waals surface area contributed by atoms with Crippen molar-refractivity contribution in [1.82, 2.24) is 16.0 Å². The SMILES string of the molecule is CN=C(NCCNC(=O)c1ccccc1)NCC1CCCO1.I. The van der Waals surface area contributed by atoms with Crippen molar-refractivity contribution in [3.63, 3.8) is 0 Å². The van der Waals surface area contributed by atoms with E-state index in [1.165, 1.54) is 0 Å². The van der Waals surface area contributed by atoms with E-state index in [0.717, 1.165) is 32.0 Å². The Balaban J connectivity index is 0.00000264. The van der Waals surface area contributed by atoms with Crippen LogP contribution in [0.4, 0.5) is 0 Å². The van der Waals surface area contributed by atoms with Crippen molar-refractivity contribution in [1.29, 1.82) is 0 Å². The molecule has 1 unspecified atom stereocenters. The fourth-order valence-electron chi connectivity index (χ4n) is 2.28. The number of ether oxygens (including phenoxy) is 1. The largest absolute Gasteiger partial charge is 0.376 e. The second kappa shape index (κ2) is 11.2. The molecule has 1 aromatic rings. The van der Waals surface area contributed by atoms with Crippen LogP contribution in [0.3, 0.4) is 0 Å². The summed E-state index contributed by atoms with van der Waals surface area (Å²) in [7, 11) is 1.73. The van der Waals surface area contributed by atoms with Gasteiger partial charge in [-0.25, -0.2) is 0 Å². The number of hydrogen-bond acceptors (Lipinski definition) is 3. The Kier molecular flexibility index (Phi) is 9.61. The Morgan fingerprint density at radius 1 is 1.22 bits per heavy atom. The summed E-state index contributed by atoms with van der Waals surface area (Å²) in [4.78, 5) is 16.0. The Bertz CT molecular complexity index is 490. The van der Waals surface area contributed by atoms with Gasteiger partial charge in [0.25, 0.3) is 5.91 Å². The molecule has 1 atom stereocenters. The van der Waals surface area contributed by atoms with Crippen LogP contribution < -0.4 is 16.0 Å². The first-order chi connectivity index (χ1) is 10.8. The van der Waals surface area contributed by atoms with Gasteiger partial charge in [0.05, 0.1) is 6.10 Å². The van der Waals surface area contributed by atoms with Crippen molar-refractivity contribution >= 4 is 35.8 Å². The Hall–Kier alpha value is -1.35. The minimum atomic E-state index is -0.0651. The lowest BCUT2D eigenvalue weighted by molar-refractivity contribution is 0.0954. The summed E-state index contributed by atoms with van der Waals surface area (Å²) in [6, 6.07) is 9.19. The molecule has 1 amide bonds. The van der Waals surface area contributed by atoms with E-state index in [1.807, 2.05) is 18.2 Å². The number of amides is 1. The zero-order valence-electron chi connectivity index (χ0n) is 13.4. The van der Waals surface area contributed by atoms with Crippen molar-refractivity contribution < 1.29 is 9.53 Å². The summed E-state index contributed by atoms with van der Waals surface area (Å²) in [6.45, 7) is 2.76. The van der Waals surface area contributed by atoms with Gasteiger partial charge in [-0.3, -0.25) is 9.79 Å². The fourth-order valence-corrected chi connectivity index (χ4v) is 2.28. The molecule has 6 nitrogen and oxygen atoms in total. The third kappa shape index (κ3) is 7.17. The van der Waals surface area contributed by atoms with Crippen molar-refractivity contribution in [3.8, 4) is 0 Å². The minimum Gasteiger partial charge on any atom is -0.376 e. The van der Waals surface area contributed by atoms with Crippen molar-refractivity contribution in [2.45, 2.75) is 18.9 Å². The molecule has 0 spiro atoms. The molecule has 2 rings (SSSR count). The highest BCUT2D eigenvalue weighted by molar-refractivity contribution is 14.0. The van der Waals surface area contributed by atoms with Gasteiger partial charge in [0.1, 0.15) is 0 Å². The van der Waals surface area contributed by atoms with Gasteiger partial charge in [-0.05, 0) is 25.0 Å². The van der Waals surface area contributed by atoms with Gasteiger partial charge >= 0.3 is 0 Å². The van der Waals surface area contributed by atoms with Crippen LogP contribution in [0.25, 0.3) is 0 Å². The van der Waals surface area contributed by atoms with Gasteiger partial charge in [-0.1, -0.05) is 18.2 Å². The maximum absolute atomic E-state index is 11.9. The number of carbonyl (C=O) groups excluding carboxylic acids is 1. The van der Waals surface area contributed by atoms with Crippen LogP contribution in [-0.2, 0) is 4.74 Å². The van der Waals surface area contributed by atoms with Crippen LogP contribution in [0.5, 0.6) is 0 Å². The molecule has 1 heterocycles. The van der Waals surface area contributed by atoms with Gasteiger partial charge in [0.2, 0.25) is 0 Å². The number of rotatable bonds is 6. The van der Waals surface area contributed by atoms with E-state index < -0.39 is 0 Å². The Labute approximate surface area is 154 Å². The average Bonchev–Trinajstić information content (AvgIpc) is 3.08. The smallest absolute Gasteiger partial charge is 0.251 e. The van der Waals surface area contributed by atoms with E-state index in [9.17, 15) is 4.79 Å². The Morgan fingerprint density at radius 2 is 1.96 bits per heavy atom. The second-order valence-corrected chi connectivity index (χ2v) is 5.14. The summed E-state index contributed by atoms with van der Waals surface area (Å²) in [5.41, 5.74) is 0.670. The predicted molar refractivity (Wildman–Crippen MR) is 103 cm³/mol. The molecule has 23 heavy (non-hydrogen) atoms. The molecule has 0 bridgehead atoms. The highest BCUT2D eigenvalue weighted by Crippen LogP contribution is 2.10. The normalized spacial score (nSPS) is 17.3. The number of benzene rings is 1. The molecule has 1 aliphatic heterocycles. The number of nitrogens with zero attached hydrogens (tertiary/aromatic N) is 1. The van der Waals surface area contributed by atoms with E-state index in [4.69, 9.17) is 4.74 Å². The lowest BCUT2D eigenvalue weighted by Gasteiger charge is -2.15. The topological polar surface area (TPSA) is 74.8 Å². The standard InChI is InChI=1S/C16H24N4O2.HI/c1-17-16(20-12-14-8-5-11-22-14)19-10-9-18-15(21)13-6-3-2-4-7-13;/h2-4,6-7,14H,5,8-12H2,1H3,(H,18,21)(H2,17,19,20);1H. The number of hydrogen-bond donors (Lipinski definition) is 3. The second-order valence-electron chi connectivity index (χ2n) is 5.14. The first kappa shape index (κ1) is 19.7. The van der Waals surface area contributed by atoms with Gasteiger partial charge < -0.3 is 20.7 Å². The number of nitrogens with one attached hydrogen (secondary N) is 3. The third-order valence-corrected chi connectivity index (χ3v) is 3.48. The van der Waals surface area contributed by atoms with Crippen LogP contribution in [0.2, 0.25) is 0 Å². The fraction of sp³-hybridized carbons (Fsp3) is 0.500. The molecule has 1 saturated heterocycles. The van der Waals surface area contributed by atoms with Gasteiger partial charge in [0, 0.05) is 38.9 Å². The molecule has 3 N–H and O–H groups in total. The molecule has 0 aliphatic carbocycles. The molecule has 1 aromatic carbocycles. The monoisotopic (exact) mass is 432 g/mol. The van der Waals surface area contributed by atoms with Crippen LogP contribution >= 0.6 is 24.0 Å². The summed E-state index contributed by atoms with van der Waals surface area (Å²) in [5, 5.41) is 9.27. The predicted octanol–water partition coefficient (Wildman–Crippen LogP) is 1.38. The summed E-state index contributed by atoms with van der Waals surface area (Å²) in [5.74, 6) is 0.661. The molecule has 0 aromatic heterocycles. The first-order valence-electron chi connectivity index (χ1n) is 7.69. The molecule has 1 fully saturated rings. The molecule has 0 saturated carbocycles. The number of aliphatic imine (C=N–C) groups is 1. The first-order valence-corrected chi connectivity index (χ1v) is 7.69. The minimum absolute atomic E-state index is 0. The molecular weight excluding hydrogens is 407 g/mol. The number of guanidine groups is 1. The maximum atomic E-state index is 11.9. The molecule has 7 heteroatoms. The lowest BCUT2D eigenvalue weighted by Crippen LogP contribution is -2.43. The molecule has 1 aliphatic rings. The van der Waals surface area contributed by atoms with Gasteiger partial charge in [-0.15, -0.1) is 24.0 Å². The van der Waals surface area contributed by atoms with Crippen LogP contribution in [0, 0.1) is 0 Å². The van der Waals surface area contributed by atoms with Gasteiger partial charge in [-0.2, -0.15) is 0 Å². The van der Waals surface area contributed by atoms with Crippen molar-refractivity contribution in [2.75, 3.05) is 33.3 Å². The van der Waals surface area contributed by atoms with Gasteiger partial charge in [0.15, 0.2) is 5.96 Å². The summed E-state index contributed by atoms with van der Waals surface area (Å²) >= 11 is 0. The highest BCUT2D eigenvalue weighted by Gasteiger charge is 2.15.